The van der Waals surface area contributed by atoms with E-state index in [0.717, 1.165) is 36.0 Å². The SMILES string of the molecule is O=C(c1cc2sccc2[nH]1)N1CCC[C@@](CO)(Cc2ccccc2)C1. The number of rotatable bonds is 4. The summed E-state index contributed by atoms with van der Waals surface area (Å²) in [5.74, 6) is 0.0361. The largest absolute Gasteiger partial charge is 0.396 e. The number of nitrogens with one attached hydrogen (secondary N) is 1. The fourth-order valence-corrected chi connectivity index (χ4v) is 4.66. The zero-order valence-corrected chi connectivity index (χ0v) is 14.9. The molecule has 1 aliphatic heterocycles. The van der Waals surface area contributed by atoms with Crippen molar-refractivity contribution in [3.05, 3.63) is 59.1 Å². The Bertz CT molecular complexity index is 842. The first-order valence-electron chi connectivity index (χ1n) is 8.69. The number of aliphatic hydroxyl groups excluding tert-OH is 1. The molecule has 0 spiro atoms. The van der Waals surface area contributed by atoms with Gasteiger partial charge in [-0.2, -0.15) is 0 Å². The summed E-state index contributed by atoms with van der Waals surface area (Å²) in [6.45, 7) is 1.46. The molecule has 4 rings (SSSR count). The zero-order chi connectivity index (χ0) is 17.3. The van der Waals surface area contributed by atoms with E-state index in [4.69, 9.17) is 0 Å². The number of piperidine rings is 1. The minimum atomic E-state index is -0.251. The predicted molar refractivity (Wildman–Crippen MR) is 101 cm³/mol. The van der Waals surface area contributed by atoms with Crippen LogP contribution in [-0.2, 0) is 6.42 Å². The average Bonchev–Trinajstić information content (AvgIpc) is 3.24. The van der Waals surface area contributed by atoms with Crippen molar-refractivity contribution in [1.29, 1.82) is 0 Å². The molecule has 3 aromatic rings. The molecule has 4 nitrogen and oxygen atoms in total. The molecule has 25 heavy (non-hydrogen) atoms. The van der Waals surface area contributed by atoms with E-state index >= 15 is 0 Å². The van der Waals surface area contributed by atoms with Gasteiger partial charge < -0.3 is 15.0 Å². The van der Waals surface area contributed by atoms with Gasteiger partial charge in [-0.05, 0) is 42.3 Å². The Morgan fingerprint density at radius 3 is 2.88 bits per heavy atom. The van der Waals surface area contributed by atoms with E-state index < -0.39 is 0 Å². The Kier molecular flexibility index (Phi) is 4.36. The standard InChI is InChI=1S/C20H22N2O2S/c23-14-20(12-15-5-2-1-3-6-15)8-4-9-22(13-20)19(24)17-11-18-16(21-17)7-10-25-18/h1-3,5-7,10-11,21,23H,4,8-9,12-14H2/t20-/m1/s1. The number of amides is 1. The lowest BCUT2D eigenvalue weighted by atomic mass is 9.75. The number of aromatic nitrogens is 1. The Labute approximate surface area is 151 Å². The highest BCUT2D eigenvalue weighted by atomic mass is 32.1. The van der Waals surface area contributed by atoms with Crippen molar-refractivity contribution in [3.8, 4) is 0 Å². The van der Waals surface area contributed by atoms with Crippen molar-refractivity contribution < 1.29 is 9.90 Å². The van der Waals surface area contributed by atoms with Crippen LogP contribution in [0.4, 0.5) is 0 Å². The number of likely N-dealkylation sites (tertiary alicyclic amines) is 1. The van der Waals surface area contributed by atoms with Crippen LogP contribution in [-0.4, -0.2) is 40.6 Å². The molecule has 3 heterocycles. The van der Waals surface area contributed by atoms with E-state index in [1.54, 1.807) is 11.3 Å². The molecular weight excluding hydrogens is 332 g/mol. The minimum absolute atomic E-state index is 0.0361. The molecule has 1 aliphatic rings. The Hall–Kier alpha value is -2.11. The summed E-state index contributed by atoms with van der Waals surface area (Å²) in [6, 6.07) is 14.2. The number of H-pyrrole nitrogens is 1. The maximum absolute atomic E-state index is 12.9. The summed E-state index contributed by atoms with van der Waals surface area (Å²) in [6.07, 6.45) is 2.67. The first-order chi connectivity index (χ1) is 12.2. The highest BCUT2D eigenvalue weighted by Gasteiger charge is 2.37. The third-order valence-electron chi connectivity index (χ3n) is 5.18. The van der Waals surface area contributed by atoms with Crippen LogP contribution in [0.15, 0.2) is 47.8 Å². The van der Waals surface area contributed by atoms with Crippen molar-refractivity contribution in [2.24, 2.45) is 5.41 Å². The van der Waals surface area contributed by atoms with Crippen LogP contribution < -0.4 is 0 Å². The number of carbonyl (C=O) groups excluding carboxylic acids is 1. The maximum Gasteiger partial charge on any atom is 0.270 e. The smallest absolute Gasteiger partial charge is 0.270 e. The van der Waals surface area contributed by atoms with Gasteiger partial charge in [0.05, 0.1) is 16.8 Å². The van der Waals surface area contributed by atoms with Crippen molar-refractivity contribution in [2.45, 2.75) is 19.3 Å². The monoisotopic (exact) mass is 354 g/mol. The lowest BCUT2D eigenvalue weighted by Crippen LogP contribution is -2.49. The van der Waals surface area contributed by atoms with Gasteiger partial charge in [0.15, 0.2) is 0 Å². The Morgan fingerprint density at radius 2 is 2.12 bits per heavy atom. The quantitative estimate of drug-likeness (QED) is 0.751. The van der Waals surface area contributed by atoms with Crippen LogP contribution in [0, 0.1) is 5.41 Å². The summed E-state index contributed by atoms with van der Waals surface area (Å²) in [4.78, 5) is 18.1. The molecule has 0 bridgehead atoms. The zero-order valence-electron chi connectivity index (χ0n) is 14.1. The number of hydrogen-bond acceptors (Lipinski definition) is 3. The van der Waals surface area contributed by atoms with E-state index in [1.807, 2.05) is 40.6 Å². The van der Waals surface area contributed by atoms with E-state index in [0.29, 0.717) is 12.2 Å². The van der Waals surface area contributed by atoms with Gasteiger partial charge in [0.2, 0.25) is 0 Å². The summed E-state index contributed by atoms with van der Waals surface area (Å²) in [7, 11) is 0. The third-order valence-corrected chi connectivity index (χ3v) is 6.04. The fourth-order valence-electron chi connectivity index (χ4n) is 3.87. The third kappa shape index (κ3) is 3.22. The van der Waals surface area contributed by atoms with E-state index in [-0.39, 0.29) is 17.9 Å². The first-order valence-corrected chi connectivity index (χ1v) is 9.57. The normalized spacial score (nSPS) is 20.9. The number of benzene rings is 1. The van der Waals surface area contributed by atoms with Crippen LogP contribution >= 0.6 is 11.3 Å². The van der Waals surface area contributed by atoms with Gasteiger partial charge in [-0.15, -0.1) is 11.3 Å². The van der Waals surface area contributed by atoms with Crippen LogP contribution in [0.1, 0.15) is 28.9 Å². The number of hydrogen-bond donors (Lipinski definition) is 2. The van der Waals surface area contributed by atoms with Crippen LogP contribution in [0.25, 0.3) is 10.2 Å². The number of nitrogens with zero attached hydrogens (tertiary/aromatic N) is 1. The van der Waals surface area contributed by atoms with Crippen LogP contribution in [0.2, 0.25) is 0 Å². The van der Waals surface area contributed by atoms with Crippen molar-refractivity contribution in [1.82, 2.24) is 9.88 Å². The van der Waals surface area contributed by atoms with E-state index in [2.05, 4.69) is 17.1 Å². The molecule has 2 aromatic heterocycles. The lowest BCUT2D eigenvalue weighted by molar-refractivity contribution is 0.0268. The second kappa shape index (κ2) is 6.65. The molecule has 0 aliphatic carbocycles. The van der Waals surface area contributed by atoms with Crippen LogP contribution in [0.3, 0.4) is 0 Å². The van der Waals surface area contributed by atoms with E-state index in [1.165, 1.54) is 5.56 Å². The second-order valence-electron chi connectivity index (χ2n) is 7.03. The van der Waals surface area contributed by atoms with Gasteiger partial charge in [0.1, 0.15) is 5.69 Å². The fraction of sp³-hybridized carbons (Fsp3) is 0.350. The number of aromatic amines is 1. The summed E-state index contributed by atoms with van der Waals surface area (Å²) in [5, 5.41) is 12.1. The van der Waals surface area contributed by atoms with Gasteiger partial charge >= 0.3 is 0 Å². The summed E-state index contributed by atoms with van der Waals surface area (Å²) < 4.78 is 1.11. The predicted octanol–water partition coefficient (Wildman–Crippen LogP) is 3.69. The second-order valence-corrected chi connectivity index (χ2v) is 7.98. The van der Waals surface area contributed by atoms with E-state index in [9.17, 15) is 9.90 Å². The molecule has 0 radical (unpaired) electrons. The van der Waals surface area contributed by atoms with Crippen molar-refractivity contribution in [2.75, 3.05) is 19.7 Å². The summed E-state index contributed by atoms with van der Waals surface area (Å²) >= 11 is 1.64. The Balaban J connectivity index is 1.54. The molecule has 130 valence electrons. The number of fused-ring (bicyclic) bond motifs is 1. The topological polar surface area (TPSA) is 56.3 Å². The Morgan fingerprint density at radius 1 is 1.28 bits per heavy atom. The highest BCUT2D eigenvalue weighted by molar-refractivity contribution is 7.17. The molecule has 5 heteroatoms. The molecule has 1 fully saturated rings. The molecule has 0 saturated carbocycles. The molecule has 0 unspecified atom stereocenters. The number of carbonyl (C=O) groups is 1. The molecule has 1 aromatic carbocycles. The molecule has 1 atom stereocenters. The molecule has 2 N–H and O–H groups in total. The number of aliphatic hydroxyl groups is 1. The van der Waals surface area contributed by atoms with Gasteiger partial charge in [-0.3, -0.25) is 4.79 Å². The molecule has 1 amide bonds. The lowest BCUT2D eigenvalue weighted by Gasteiger charge is -2.42. The van der Waals surface area contributed by atoms with Gasteiger partial charge in [0.25, 0.3) is 5.91 Å². The first kappa shape index (κ1) is 16.4. The average molecular weight is 354 g/mol. The van der Waals surface area contributed by atoms with Crippen LogP contribution in [0.5, 0.6) is 0 Å². The van der Waals surface area contributed by atoms with Gasteiger partial charge in [-0.1, -0.05) is 30.3 Å². The number of thiophene rings is 1. The van der Waals surface area contributed by atoms with Crippen molar-refractivity contribution >= 4 is 27.5 Å². The van der Waals surface area contributed by atoms with Crippen molar-refractivity contribution in [3.63, 3.8) is 0 Å². The molecular formula is C20H22N2O2S. The van der Waals surface area contributed by atoms with Gasteiger partial charge in [-0.25, -0.2) is 0 Å². The summed E-state index contributed by atoms with van der Waals surface area (Å²) in [5.41, 5.74) is 2.63. The maximum atomic E-state index is 12.9. The van der Waals surface area contributed by atoms with Gasteiger partial charge in [0, 0.05) is 18.5 Å². The minimum Gasteiger partial charge on any atom is -0.396 e. The molecule has 1 saturated heterocycles. The highest BCUT2D eigenvalue weighted by Crippen LogP contribution is 2.34.